The van der Waals surface area contributed by atoms with E-state index in [0.29, 0.717) is 44.0 Å². The van der Waals surface area contributed by atoms with E-state index in [1.165, 1.54) is 23.4 Å². The van der Waals surface area contributed by atoms with E-state index in [1.807, 2.05) is 4.90 Å². The summed E-state index contributed by atoms with van der Waals surface area (Å²) in [6.07, 6.45) is -0.513. The number of anilines is 3. The third kappa shape index (κ3) is 4.92. The zero-order valence-corrected chi connectivity index (χ0v) is 17.2. The number of rotatable bonds is 4. The number of alkyl halides is 3. The van der Waals surface area contributed by atoms with Gasteiger partial charge >= 0.3 is 6.18 Å². The zero-order valence-electron chi connectivity index (χ0n) is 17.2. The molecule has 2 aliphatic heterocycles. The highest BCUT2D eigenvalue weighted by molar-refractivity contribution is 5.93. The molecule has 0 radical (unpaired) electrons. The van der Waals surface area contributed by atoms with Crippen molar-refractivity contribution in [2.75, 3.05) is 47.8 Å². The van der Waals surface area contributed by atoms with Crippen LogP contribution in [-0.4, -0.2) is 54.5 Å². The molecule has 2 fully saturated rings. The van der Waals surface area contributed by atoms with Gasteiger partial charge in [-0.2, -0.15) is 13.2 Å². The second kappa shape index (κ2) is 9.01. The summed E-state index contributed by atoms with van der Waals surface area (Å²) < 4.78 is 40.1. The predicted octanol–water partition coefficient (Wildman–Crippen LogP) is 2.29. The molecular weight excluding hydrogens is 425 g/mol. The highest BCUT2D eigenvalue weighted by Gasteiger charge is 2.37. The minimum Gasteiger partial charge on any atom is -0.355 e. The molecular formula is C21H23F3N6O2. The van der Waals surface area contributed by atoms with Crippen LogP contribution in [0.3, 0.4) is 0 Å². The Morgan fingerprint density at radius 2 is 2.00 bits per heavy atom. The molecule has 2 N–H and O–H groups in total. The molecule has 0 spiro atoms. The fraction of sp³-hybridized carbons (Fsp3) is 0.429. The van der Waals surface area contributed by atoms with Gasteiger partial charge < -0.3 is 20.4 Å². The number of nitrogens with zero attached hydrogens (tertiary/aromatic N) is 4. The molecule has 170 valence electrons. The van der Waals surface area contributed by atoms with Gasteiger partial charge in [0.2, 0.25) is 11.8 Å². The van der Waals surface area contributed by atoms with Gasteiger partial charge in [0.15, 0.2) is 0 Å². The van der Waals surface area contributed by atoms with Crippen molar-refractivity contribution in [3.63, 3.8) is 0 Å². The number of pyridine rings is 2. The van der Waals surface area contributed by atoms with Crippen molar-refractivity contribution in [3.8, 4) is 0 Å². The van der Waals surface area contributed by atoms with Crippen LogP contribution in [0.2, 0.25) is 0 Å². The molecule has 2 aliphatic rings. The quantitative estimate of drug-likeness (QED) is 0.746. The van der Waals surface area contributed by atoms with Crippen LogP contribution >= 0.6 is 0 Å². The van der Waals surface area contributed by atoms with Gasteiger partial charge in [0.05, 0.1) is 29.9 Å². The first-order valence-corrected chi connectivity index (χ1v) is 10.4. The van der Waals surface area contributed by atoms with Crippen molar-refractivity contribution in [2.24, 2.45) is 5.92 Å². The van der Waals surface area contributed by atoms with Gasteiger partial charge in [-0.25, -0.2) is 9.97 Å². The van der Waals surface area contributed by atoms with Crippen LogP contribution in [0.1, 0.15) is 18.4 Å². The first kappa shape index (κ1) is 21.8. The number of amides is 2. The van der Waals surface area contributed by atoms with Gasteiger partial charge in [0, 0.05) is 32.4 Å². The maximum absolute atomic E-state index is 13.4. The summed E-state index contributed by atoms with van der Waals surface area (Å²) in [5.41, 5.74) is -0.307. The Bertz CT molecular complexity index is 982. The number of hydrogen-bond donors (Lipinski definition) is 2. The van der Waals surface area contributed by atoms with E-state index in [1.54, 1.807) is 12.1 Å². The highest BCUT2D eigenvalue weighted by atomic mass is 19.4. The number of aromatic nitrogens is 2. The minimum atomic E-state index is -4.51. The number of carbonyl (C=O) groups excluding carboxylic acids is 2. The molecule has 4 rings (SSSR count). The van der Waals surface area contributed by atoms with E-state index < -0.39 is 17.7 Å². The maximum atomic E-state index is 13.4. The lowest BCUT2D eigenvalue weighted by Gasteiger charge is -2.34. The van der Waals surface area contributed by atoms with E-state index in [0.717, 1.165) is 6.07 Å². The van der Waals surface area contributed by atoms with Crippen LogP contribution in [0.25, 0.3) is 0 Å². The van der Waals surface area contributed by atoms with E-state index in [9.17, 15) is 22.8 Å². The molecule has 4 heterocycles. The lowest BCUT2D eigenvalue weighted by Crippen LogP contribution is -2.48. The van der Waals surface area contributed by atoms with Crippen LogP contribution in [0.4, 0.5) is 30.5 Å². The lowest BCUT2D eigenvalue weighted by atomic mass is 9.96. The zero-order chi connectivity index (χ0) is 22.7. The highest BCUT2D eigenvalue weighted by Crippen LogP contribution is 2.36. The largest absolute Gasteiger partial charge is 0.419 e. The summed E-state index contributed by atoms with van der Waals surface area (Å²) in [6, 6.07) is 5.69. The van der Waals surface area contributed by atoms with E-state index in [-0.39, 0.29) is 30.7 Å². The van der Waals surface area contributed by atoms with Crippen molar-refractivity contribution in [3.05, 3.63) is 42.2 Å². The SMILES string of the molecule is O=C1CN(c2ccc(NC(=O)[C@H]3CCCN(c4ncccc4C(F)(F)F)C3)cn2)CCN1. The van der Waals surface area contributed by atoms with Crippen LogP contribution in [0.5, 0.6) is 0 Å². The van der Waals surface area contributed by atoms with Gasteiger partial charge in [0.1, 0.15) is 11.6 Å². The average Bonchev–Trinajstić information content (AvgIpc) is 2.79. The van der Waals surface area contributed by atoms with Gasteiger partial charge in [-0.1, -0.05) is 0 Å². The molecule has 0 saturated carbocycles. The van der Waals surface area contributed by atoms with Crippen molar-refractivity contribution in [1.29, 1.82) is 0 Å². The van der Waals surface area contributed by atoms with Crippen LogP contribution in [0.15, 0.2) is 36.7 Å². The first-order chi connectivity index (χ1) is 15.3. The molecule has 0 unspecified atom stereocenters. The molecule has 0 aromatic carbocycles. The van der Waals surface area contributed by atoms with E-state index in [4.69, 9.17) is 0 Å². The molecule has 0 aliphatic carbocycles. The molecule has 11 heteroatoms. The van der Waals surface area contributed by atoms with Gasteiger partial charge in [-0.3, -0.25) is 9.59 Å². The Morgan fingerprint density at radius 1 is 1.16 bits per heavy atom. The molecule has 0 bridgehead atoms. The number of piperazine rings is 1. The fourth-order valence-electron chi connectivity index (χ4n) is 3.98. The summed E-state index contributed by atoms with van der Waals surface area (Å²) in [5, 5.41) is 5.55. The topological polar surface area (TPSA) is 90.5 Å². The minimum absolute atomic E-state index is 0.0705. The second-order valence-electron chi connectivity index (χ2n) is 7.82. The first-order valence-electron chi connectivity index (χ1n) is 10.4. The van der Waals surface area contributed by atoms with E-state index >= 15 is 0 Å². The molecule has 8 nitrogen and oxygen atoms in total. The Hall–Kier alpha value is -3.37. The van der Waals surface area contributed by atoms with Gasteiger partial charge in [-0.05, 0) is 37.1 Å². The Morgan fingerprint density at radius 3 is 2.72 bits per heavy atom. The van der Waals surface area contributed by atoms with Gasteiger partial charge in [0.25, 0.3) is 0 Å². The summed E-state index contributed by atoms with van der Waals surface area (Å²) in [6.45, 7) is 1.98. The third-order valence-electron chi connectivity index (χ3n) is 5.56. The number of halogens is 3. The summed E-state index contributed by atoms with van der Waals surface area (Å²) >= 11 is 0. The molecule has 2 amide bonds. The second-order valence-corrected chi connectivity index (χ2v) is 7.82. The summed E-state index contributed by atoms with van der Waals surface area (Å²) in [4.78, 5) is 35.9. The normalized spacial score (nSPS) is 19.5. The smallest absolute Gasteiger partial charge is 0.355 e. The third-order valence-corrected chi connectivity index (χ3v) is 5.56. The maximum Gasteiger partial charge on any atom is 0.419 e. The van der Waals surface area contributed by atoms with Crippen molar-refractivity contribution < 1.29 is 22.8 Å². The number of nitrogens with one attached hydrogen (secondary N) is 2. The van der Waals surface area contributed by atoms with Crippen molar-refractivity contribution >= 4 is 29.1 Å². The van der Waals surface area contributed by atoms with Gasteiger partial charge in [-0.15, -0.1) is 0 Å². The number of carbonyl (C=O) groups is 2. The standard InChI is InChI=1S/C21H23F3N6O2/c22-21(23,24)16-4-1-7-26-19(16)30-9-2-3-14(12-30)20(32)28-15-5-6-17(27-11-15)29-10-8-25-18(31)13-29/h1,4-7,11,14H,2-3,8-10,12-13H2,(H,25,31)(H,28,32)/t14-/m0/s1. The molecule has 2 aromatic rings. The molecule has 2 saturated heterocycles. The lowest BCUT2D eigenvalue weighted by molar-refractivity contribution is -0.137. The Balaban J connectivity index is 1.40. The molecule has 1 atom stereocenters. The van der Waals surface area contributed by atoms with Crippen LogP contribution < -0.4 is 20.4 Å². The predicted molar refractivity (Wildman–Crippen MR) is 112 cm³/mol. The number of piperidine rings is 1. The number of hydrogen-bond acceptors (Lipinski definition) is 6. The van der Waals surface area contributed by atoms with Crippen molar-refractivity contribution in [1.82, 2.24) is 15.3 Å². The Labute approximate surface area is 182 Å². The fourth-order valence-corrected chi connectivity index (χ4v) is 3.98. The summed E-state index contributed by atoms with van der Waals surface area (Å²) in [7, 11) is 0. The monoisotopic (exact) mass is 448 g/mol. The van der Waals surface area contributed by atoms with Crippen molar-refractivity contribution in [2.45, 2.75) is 19.0 Å². The van der Waals surface area contributed by atoms with Crippen LogP contribution in [0, 0.1) is 5.92 Å². The molecule has 2 aromatic heterocycles. The Kier molecular flexibility index (Phi) is 6.15. The average molecular weight is 448 g/mol. The van der Waals surface area contributed by atoms with E-state index in [2.05, 4.69) is 20.6 Å². The summed E-state index contributed by atoms with van der Waals surface area (Å²) in [5.74, 6) is -0.326. The van der Waals surface area contributed by atoms with Crippen LogP contribution in [-0.2, 0) is 15.8 Å². The molecule has 32 heavy (non-hydrogen) atoms.